The normalized spacial score (nSPS) is 26.1. The van der Waals surface area contributed by atoms with Gasteiger partial charge >= 0.3 is 5.97 Å². The van der Waals surface area contributed by atoms with Crippen molar-refractivity contribution in [3.63, 3.8) is 0 Å². The van der Waals surface area contributed by atoms with Crippen LogP contribution in [0, 0.1) is 11.8 Å². The molecule has 0 saturated carbocycles. The van der Waals surface area contributed by atoms with Crippen molar-refractivity contribution in [2.45, 2.75) is 26.3 Å². The highest BCUT2D eigenvalue weighted by atomic mass is 16.4. The van der Waals surface area contributed by atoms with Crippen LogP contribution in [-0.4, -0.2) is 41.0 Å². The van der Waals surface area contributed by atoms with E-state index in [4.69, 9.17) is 10.8 Å². The first kappa shape index (κ1) is 12.0. The third kappa shape index (κ3) is 2.68. The van der Waals surface area contributed by atoms with Gasteiger partial charge in [-0.25, -0.2) is 0 Å². The fourth-order valence-electron chi connectivity index (χ4n) is 1.91. The highest BCUT2D eigenvalue weighted by Crippen LogP contribution is 2.21. The smallest absolute Gasteiger partial charge is 0.307 e. The van der Waals surface area contributed by atoms with Crippen molar-refractivity contribution in [3.05, 3.63) is 0 Å². The third-order valence-corrected chi connectivity index (χ3v) is 3.31. The van der Waals surface area contributed by atoms with E-state index in [2.05, 4.69) is 0 Å². The molecule has 0 spiro atoms. The van der Waals surface area contributed by atoms with Crippen LogP contribution in [-0.2, 0) is 9.59 Å². The van der Waals surface area contributed by atoms with Crippen LogP contribution < -0.4 is 5.73 Å². The number of hydrogen-bond donors (Lipinski definition) is 2. The number of rotatable bonds is 4. The van der Waals surface area contributed by atoms with Crippen LogP contribution in [0.3, 0.4) is 0 Å². The molecule has 1 fully saturated rings. The second-order valence-corrected chi connectivity index (χ2v) is 4.25. The minimum absolute atomic E-state index is 0.0492. The van der Waals surface area contributed by atoms with E-state index in [1.807, 2.05) is 11.8 Å². The summed E-state index contributed by atoms with van der Waals surface area (Å²) in [6.07, 6.45) is 0.742. The van der Waals surface area contributed by atoms with Gasteiger partial charge in [-0.2, -0.15) is 0 Å². The molecule has 1 aliphatic heterocycles. The van der Waals surface area contributed by atoms with Crippen LogP contribution >= 0.6 is 0 Å². The second-order valence-electron chi connectivity index (χ2n) is 4.25. The summed E-state index contributed by atoms with van der Waals surface area (Å²) in [6.45, 7) is 4.91. The molecule has 1 heterocycles. The number of hydrogen-bond acceptors (Lipinski definition) is 3. The standard InChI is InChI=1S/C10H18N2O3/c1-6(10(14)15)7(2)12-4-3-8(5-12)9(11)13/h6-8H,3-5H2,1-2H3,(H2,11,13)(H,14,15). The summed E-state index contributed by atoms with van der Waals surface area (Å²) in [5, 5.41) is 8.87. The largest absolute Gasteiger partial charge is 0.481 e. The van der Waals surface area contributed by atoms with E-state index in [0.29, 0.717) is 6.54 Å². The van der Waals surface area contributed by atoms with Gasteiger partial charge in [0.05, 0.1) is 11.8 Å². The maximum absolute atomic E-state index is 11.0. The quantitative estimate of drug-likeness (QED) is 0.684. The molecular weight excluding hydrogens is 196 g/mol. The number of likely N-dealkylation sites (tertiary alicyclic amines) is 1. The average Bonchev–Trinajstić information content (AvgIpc) is 2.64. The van der Waals surface area contributed by atoms with Gasteiger partial charge in [-0.05, 0) is 19.9 Å². The Kier molecular flexibility index (Phi) is 3.68. The van der Waals surface area contributed by atoms with Crippen molar-refractivity contribution in [1.82, 2.24) is 4.90 Å². The lowest BCUT2D eigenvalue weighted by molar-refractivity contribution is -0.143. The first-order valence-electron chi connectivity index (χ1n) is 5.19. The molecule has 0 aromatic carbocycles. The van der Waals surface area contributed by atoms with Crippen molar-refractivity contribution in [3.8, 4) is 0 Å². The van der Waals surface area contributed by atoms with Gasteiger partial charge in [-0.3, -0.25) is 14.5 Å². The molecule has 5 nitrogen and oxygen atoms in total. The Hall–Kier alpha value is -1.10. The van der Waals surface area contributed by atoms with Crippen molar-refractivity contribution in [2.24, 2.45) is 17.6 Å². The zero-order valence-corrected chi connectivity index (χ0v) is 9.14. The number of nitrogens with two attached hydrogens (primary N) is 1. The van der Waals surface area contributed by atoms with E-state index in [1.54, 1.807) is 6.92 Å². The van der Waals surface area contributed by atoms with E-state index in [1.165, 1.54) is 0 Å². The average molecular weight is 214 g/mol. The Morgan fingerprint density at radius 2 is 2.07 bits per heavy atom. The molecule has 0 bridgehead atoms. The Balaban J connectivity index is 2.53. The molecule has 0 aromatic heterocycles. The first-order valence-corrected chi connectivity index (χ1v) is 5.19. The Bertz CT molecular complexity index is 267. The summed E-state index contributed by atoms with van der Waals surface area (Å²) in [6, 6.07) is -0.0492. The highest BCUT2D eigenvalue weighted by Gasteiger charge is 2.33. The fourth-order valence-corrected chi connectivity index (χ4v) is 1.91. The van der Waals surface area contributed by atoms with Gasteiger partial charge in [0.15, 0.2) is 0 Å². The number of carboxylic acids is 1. The summed E-state index contributed by atoms with van der Waals surface area (Å²) < 4.78 is 0. The lowest BCUT2D eigenvalue weighted by Gasteiger charge is -2.27. The maximum atomic E-state index is 11.0. The molecule has 0 radical (unpaired) electrons. The zero-order chi connectivity index (χ0) is 11.6. The molecule has 1 saturated heterocycles. The van der Waals surface area contributed by atoms with Crippen molar-refractivity contribution in [1.29, 1.82) is 0 Å². The van der Waals surface area contributed by atoms with Crippen molar-refractivity contribution in [2.75, 3.05) is 13.1 Å². The molecule has 1 aliphatic rings. The van der Waals surface area contributed by atoms with Gasteiger partial charge in [-0.15, -0.1) is 0 Å². The molecule has 1 amide bonds. The van der Waals surface area contributed by atoms with Gasteiger partial charge in [0.2, 0.25) is 5.91 Å². The Labute approximate surface area is 89.2 Å². The van der Waals surface area contributed by atoms with Gasteiger partial charge in [0.1, 0.15) is 0 Å². The molecule has 15 heavy (non-hydrogen) atoms. The summed E-state index contributed by atoms with van der Waals surface area (Å²) >= 11 is 0. The minimum atomic E-state index is -0.801. The van der Waals surface area contributed by atoms with Crippen LogP contribution in [0.2, 0.25) is 0 Å². The van der Waals surface area contributed by atoms with Crippen LogP contribution in [0.15, 0.2) is 0 Å². The lowest BCUT2D eigenvalue weighted by Crippen LogP contribution is -2.40. The van der Waals surface area contributed by atoms with Crippen LogP contribution in [0.5, 0.6) is 0 Å². The molecule has 86 valence electrons. The summed E-state index contributed by atoms with van der Waals surface area (Å²) in [4.78, 5) is 23.8. The topological polar surface area (TPSA) is 83.6 Å². The molecular formula is C10H18N2O3. The lowest BCUT2D eigenvalue weighted by atomic mass is 10.0. The van der Waals surface area contributed by atoms with Crippen LogP contribution in [0.1, 0.15) is 20.3 Å². The first-order chi connectivity index (χ1) is 6.93. The second kappa shape index (κ2) is 4.61. The number of amides is 1. The number of carboxylic acid groups (broad SMARTS) is 1. The molecule has 3 atom stereocenters. The highest BCUT2D eigenvalue weighted by molar-refractivity contribution is 5.77. The molecule has 5 heteroatoms. The maximum Gasteiger partial charge on any atom is 0.307 e. The fraction of sp³-hybridized carbons (Fsp3) is 0.800. The third-order valence-electron chi connectivity index (χ3n) is 3.31. The van der Waals surface area contributed by atoms with E-state index >= 15 is 0 Å². The predicted molar refractivity (Wildman–Crippen MR) is 55.1 cm³/mol. The summed E-state index contributed by atoms with van der Waals surface area (Å²) in [5.74, 6) is -1.62. The van der Waals surface area contributed by atoms with Crippen molar-refractivity contribution < 1.29 is 14.7 Å². The number of carbonyl (C=O) groups is 2. The molecule has 3 N–H and O–H groups in total. The summed E-state index contributed by atoms with van der Waals surface area (Å²) in [5.41, 5.74) is 5.21. The molecule has 3 unspecified atom stereocenters. The predicted octanol–water partition coefficient (Wildman–Crippen LogP) is -0.0972. The van der Waals surface area contributed by atoms with Gasteiger partial charge < -0.3 is 10.8 Å². The van der Waals surface area contributed by atoms with Crippen molar-refractivity contribution >= 4 is 11.9 Å². The van der Waals surface area contributed by atoms with E-state index in [0.717, 1.165) is 13.0 Å². The van der Waals surface area contributed by atoms with Crippen LogP contribution in [0.25, 0.3) is 0 Å². The number of carbonyl (C=O) groups excluding carboxylic acids is 1. The van der Waals surface area contributed by atoms with Gasteiger partial charge in [0, 0.05) is 12.6 Å². The van der Waals surface area contributed by atoms with Gasteiger partial charge in [-0.1, -0.05) is 6.92 Å². The molecule has 1 rings (SSSR count). The monoisotopic (exact) mass is 214 g/mol. The molecule has 0 aliphatic carbocycles. The minimum Gasteiger partial charge on any atom is -0.481 e. The molecule has 0 aromatic rings. The Morgan fingerprint density at radius 1 is 1.47 bits per heavy atom. The number of aliphatic carboxylic acids is 1. The number of primary amides is 1. The Morgan fingerprint density at radius 3 is 2.47 bits per heavy atom. The zero-order valence-electron chi connectivity index (χ0n) is 9.14. The number of nitrogens with zero attached hydrogens (tertiary/aromatic N) is 1. The van der Waals surface area contributed by atoms with E-state index in [9.17, 15) is 9.59 Å². The van der Waals surface area contributed by atoms with Gasteiger partial charge in [0.25, 0.3) is 0 Å². The SMILES string of the molecule is CC(C(=O)O)C(C)N1CCC(C(N)=O)C1. The summed E-state index contributed by atoms with van der Waals surface area (Å²) in [7, 11) is 0. The van der Waals surface area contributed by atoms with Crippen LogP contribution in [0.4, 0.5) is 0 Å². The van der Waals surface area contributed by atoms with E-state index in [-0.39, 0.29) is 17.9 Å². The van der Waals surface area contributed by atoms with E-state index < -0.39 is 11.9 Å².